The fourth-order valence-electron chi connectivity index (χ4n) is 1.63. The molecule has 0 bridgehead atoms. The quantitative estimate of drug-likeness (QED) is 0.615. The zero-order valence-corrected chi connectivity index (χ0v) is 11.9. The van der Waals surface area contributed by atoms with Crippen LogP contribution in [0.4, 0.5) is 5.95 Å². The van der Waals surface area contributed by atoms with Crippen LogP contribution in [0, 0.1) is 0 Å². The second-order valence-corrected chi connectivity index (χ2v) is 4.79. The predicted molar refractivity (Wildman–Crippen MR) is 78.5 cm³/mol. The maximum absolute atomic E-state index is 11.6. The van der Waals surface area contributed by atoms with Crippen LogP contribution in [0.2, 0.25) is 0 Å². The Morgan fingerprint density at radius 2 is 2.14 bits per heavy atom. The average molecular weight is 287 g/mol. The molecule has 1 heterocycles. The van der Waals surface area contributed by atoms with Gasteiger partial charge < -0.3 is 5.73 Å². The highest BCUT2D eigenvalue weighted by Gasteiger charge is 2.04. The summed E-state index contributed by atoms with van der Waals surface area (Å²) >= 11 is 0. The molecule has 0 spiro atoms. The summed E-state index contributed by atoms with van der Waals surface area (Å²) in [5.74, 6) is 0.150. The van der Waals surface area contributed by atoms with Crippen LogP contribution in [0.15, 0.2) is 29.4 Å². The van der Waals surface area contributed by atoms with E-state index < -0.39 is 0 Å². The summed E-state index contributed by atoms with van der Waals surface area (Å²) in [4.78, 5) is 12.7. The summed E-state index contributed by atoms with van der Waals surface area (Å²) in [7, 11) is 0. The summed E-state index contributed by atoms with van der Waals surface area (Å²) in [5, 5.41) is 14.6. The zero-order chi connectivity index (χ0) is 15.2. The number of nitrogens with one attached hydrogen (secondary N) is 1. The Hall–Kier alpha value is -2.77. The van der Waals surface area contributed by atoms with Gasteiger partial charge in [-0.3, -0.25) is 4.79 Å². The third-order valence-corrected chi connectivity index (χ3v) is 2.76. The SMILES string of the molecule is CC(C)c1ccc(/C=N\NC(=O)Cn2nnc(N)n2)cc1. The Morgan fingerprint density at radius 1 is 1.43 bits per heavy atom. The third kappa shape index (κ3) is 4.37. The van der Waals surface area contributed by atoms with Crippen molar-refractivity contribution in [1.82, 2.24) is 25.6 Å². The van der Waals surface area contributed by atoms with Crippen molar-refractivity contribution in [2.24, 2.45) is 5.10 Å². The molecule has 0 aliphatic carbocycles. The van der Waals surface area contributed by atoms with Crippen molar-refractivity contribution < 1.29 is 4.79 Å². The van der Waals surface area contributed by atoms with Crippen molar-refractivity contribution >= 4 is 18.1 Å². The Kier molecular flexibility index (Phi) is 4.60. The molecule has 0 fully saturated rings. The van der Waals surface area contributed by atoms with Crippen molar-refractivity contribution in [3.05, 3.63) is 35.4 Å². The zero-order valence-electron chi connectivity index (χ0n) is 11.9. The number of hydrazone groups is 1. The van der Waals surface area contributed by atoms with Gasteiger partial charge in [-0.05, 0) is 22.3 Å². The van der Waals surface area contributed by atoms with Gasteiger partial charge in [0.2, 0.25) is 0 Å². The molecular formula is C13H17N7O. The lowest BCUT2D eigenvalue weighted by Crippen LogP contribution is -2.24. The van der Waals surface area contributed by atoms with Gasteiger partial charge in [0.25, 0.3) is 11.9 Å². The number of aromatic nitrogens is 4. The van der Waals surface area contributed by atoms with Gasteiger partial charge in [0.15, 0.2) is 0 Å². The molecule has 0 aliphatic rings. The van der Waals surface area contributed by atoms with Crippen LogP contribution in [-0.2, 0) is 11.3 Å². The molecule has 0 saturated heterocycles. The van der Waals surface area contributed by atoms with Crippen LogP contribution in [0.1, 0.15) is 30.9 Å². The van der Waals surface area contributed by atoms with Gasteiger partial charge in [-0.2, -0.15) is 9.90 Å². The lowest BCUT2D eigenvalue weighted by Gasteiger charge is -2.04. The summed E-state index contributed by atoms with van der Waals surface area (Å²) in [5.41, 5.74) is 9.85. The molecule has 1 aromatic carbocycles. The number of nitrogens with two attached hydrogens (primary N) is 1. The fourth-order valence-corrected chi connectivity index (χ4v) is 1.63. The molecule has 3 N–H and O–H groups in total. The summed E-state index contributed by atoms with van der Waals surface area (Å²) < 4.78 is 0. The highest BCUT2D eigenvalue weighted by Crippen LogP contribution is 2.13. The Morgan fingerprint density at radius 3 is 2.71 bits per heavy atom. The molecule has 1 amide bonds. The Bertz CT molecular complexity index is 630. The largest absolute Gasteiger partial charge is 0.365 e. The molecule has 0 aliphatic heterocycles. The van der Waals surface area contributed by atoms with Crippen LogP contribution in [0.3, 0.4) is 0 Å². The number of nitrogens with zero attached hydrogens (tertiary/aromatic N) is 5. The standard InChI is InChI=1S/C13H17N7O/c1-9(2)11-5-3-10(4-6-11)7-15-16-12(21)8-20-18-13(14)17-19-20/h3-7,9H,8H2,1-2H3,(H2,14,18)(H,16,21)/b15-7-. The van der Waals surface area contributed by atoms with Gasteiger partial charge >= 0.3 is 0 Å². The number of tetrazole rings is 1. The van der Waals surface area contributed by atoms with Crippen molar-refractivity contribution in [2.45, 2.75) is 26.3 Å². The molecule has 1 aromatic heterocycles. The van der Waals surface area contributed by atoms with Crippen LogP contribution in [-0.4, -0.2) is 32.3 Å². The minimum Gasteiger partial charge on any atom is -0.365 e. The number of hydrogen-bond acceptors (Lipinski definition) is 6. The summed E-state index contributed by atoms with van der Waals surface area (Å²) in [6, 6.07) is 7.97. The molecule has 2 aromatic rings. The Balaban J connectivity index is 1.85. The highest BCUT2D eigenvalue weighted by atomic mass is 16.2. The number of benzene rings is 1. The Labute approximate surface area is 122 Å². The third-order valence-electron chi connectivity index (χ3n) is 2.76. The van der Waals surface area contributed by atoms with Gasteiger partial charge in [0, 0.05) is 0 Å². The highest BCUT2D eigenvalue weighted by molar-refractivity contribution is 5.82. The lowest BCUT2D eigenvalue weighted by molar-refractivity contribution is -0.122. The van der Waals surface area contributed by atoms with Crippen molar-refractivity contribution in [1.29, 1.82) is 0 Å². The van der Waals surface area contributed by atoms with E-state index in [9.17, 15) is 4.79 Å². The number of hydrogen-bond donors (Lipinski definition) is 2. The first-order valence-electron chi connectivity index (χ1n) is 6.50. The van der Waals surface area contributed by atoms with E-state index in [2.05, 4.69) is 39.8 Å². The number of rotatable bonds is 5. The molecular weight excluding hydrogens is 270 g/mol. The topological polar surface area (TPSA) is 111 Å². The fraction of sp³-hybridized carbons (Fsp3) is 0.308. The second-order valence-electron chi connectivity index (χ2n) is 4.79. The predicted octanol–water partition coefficient (Wildman–Crippen LogP) is 0.529. The van der Waals surface area contributed by atoms with Gasteiger partial charge in [0.1, 0.15) is 6.54 Å². The van der Waals surface area contributed by atoms with E-state index in [1.54, 1.807) is 6.21 Å². The number of anilines is 1. The van der Waals surface area contributed by atoms with Gasteiger partial charge in [0.05, 0.1) is 6.21 Å². The minimum atomic E-state index is -0.359. The van der Waals surface area contributed by atoms with E-state index >= 15 is 0 Å². The molecule has 21 heavy (non-hydrogen) atoms. The van der Waals surface area contributed by atoms with E-state index in [1.165, 1.54) is 5.56 Å². The maximum atomic E-state index is 11.6. The van der Waals surface area contributed by atoms with Crippen LogP contribution >= 0.6 is 0 Å². The van der Waals surface area contributed by atoms with E-state index in [4.69, 9.17) is 5.73 Å². The molecule has 0 saturated carbocycles. The molecule has 0 atom stereocenters. The van der Waals surface area contributed by atoms with Crippen LogP contribution in [0.25, 0.3) is 0 Å². The maximum Gasteiger partial charge on any atom is 0.263 e. The van der Waals surface area contributed by atoms with E-state index in [1.807, 2.05) is 24.3 Å². The molecule has 110 valence electrons. The van der Waals surface area contributed by atoms with Gasteiger partial charge in [-0.1, -0.05) is 43.2 Å². The smallest absolute Gasteiger partial charge is 0.263 e. The second kappa shape index (κ2) is 6.60. The van der Waals surface area contributed by atoms with Crippen molar-refractivity contribution in [2.75, 3.05) is 5.73 Å². The average Bonchev–Trinajstić information content (AvgIpc) is 2.84. The minimum absolute atomic E-state index is 0.0246. The normalized spacial score (nSPS) is 11.2. The number of carbonyl (C=O) groups excluding carboxylic acids is 1. The van der Waals surface area contributed by atoms with Crippen molar-refractivity contribution in [3.63, 3.8) is 0 Å². The first-order chi connectivity index (χ1) is 10.0. The number of carbonyl (C=O) groups is 1. The number of nitrogen functional groups attached to an aromatic ring is 1. The molecule has 0 unspecified atom stereocenters. The summed E-state index contributed by atoms with van der Waals surface area (Å²) in [6.07, 6.45) is 1.57. The van der Waals surface area contributed by atoms with E-state index in [-0.39, 0.29) is 18.4 Å². The van der Waals surface area contributed by atoms with Crippen LogP contribution < -0.4 is 11.2 Å². The first-order valence-corrected chi connectivity index (χ1v) is 6.50. The van der Waals surface area contributed by atoms with Crippen molar-refractivity contribution in [3.8, 4) is 0 Å². The molecule has 0 radical (unpaired) electrons. The van der Waals surface area contributed by atoms with E-state index in [0.29, 0.717) is 5.92 Å². The van der Waals surface area contributed by atoms with Gasteiger partial charge in [-0.15, -0.1) is 5.10 Å². The lowest BCUT2D eigenvalue weighted by atomic mass is 10.0. The summed E-state index contributed by atoms with van der Waals surface area (Å²) in [6.45, 7) is 4.18. The monoisotopic (exact) mass is 287 g/mol. The van der Waals surface area contributed by atoms with Crippen LogP contribution in [0.5, 0.6) is 0 Å². The molecule has 2 rings (SSSR count). The van der Waals surface area contributed by atoms with E-state index in [0.717, 1.165) is 10.4 Å². The molecule has 8 heteroatoms. The molecule has 8 nitrogen and oxygen atoms in total. The van der Waals surface area contributed by atoms with Gasteiger partial charge in [-0.25, -0.2) is 5.43 Å². The first kappa shape index (κ1) is 14.6. The number of amides is 1.